The monoisotopic (exact) mass is 320 g/mol. The van der Waals surface area contributed by atoms with Crippen LogP contribution in [0.5, 0.6) is 0 Å². The Labute approximate surface area is 121 Å². The Hall–Kier alpha value is -1.54. The van der Waals surface area contributed by atoms with Gasteiger partial charge in [-0.2, -0.15) is 13.2 Å². The van der Waals surface area contributed by atoms with Crippen LogP contribution in [0, 0.1) is 0 Å². The molecule has 0 aromatic carbocycles. The molecule has 20 heavy (non-hydrogen) atoms. The Morgan fingerprint density at radius 1 is 1.30 bits per heavy atom. The maximum absolute atomic E-state index is 12.7. The average Bonchev–Trinajstić information content (AvgIpc) is 2.40. The summed E-state index contributed by atoms with van der Waals surface area (Å²) >= 11 is 6.85. The van der Waals surface area contributed by atoms with Gasteiger partial charge in [-0.25, -0.2) is 15.0 Å². The standard InChI is InChI=1S/C11H8ClF3N4S/c1-16-10-18-7(11(13,14)15)5-8(19-10)20-9-6(12)3-2-4-17-9/h2-5H,1H3,(H,16,18,19). The van der Waals surface area contributed by atoms with Crippen LogP contribution in [-0.2, 0) is 6.18 Å². The van der Waals surface area contributed by atoms with Gasteiger partial charge < -0.3 is 5.32 Å². The first-order valence-electron chi connectivity index (χ1n) is 5.32. The van der Waals surface area contributed by atoms with E-state index in [1.807, 2.05) is 0 Å². The predicted molar refractivity (Wildman–Crippen MR) is 70.0 cm³/mol. The van der Waals surface area contributed by atoms with Crippen LogP contribution in [0.3, 0.4) is 0 Å². The second kappa shape index (κ2) is 5.84. The first kappa shape index (κ1) is 14.9. The van der Waals surface area contributed by atoms with Gasteiger partial charge in [0.2, 0.25) is 5.95 Å². The molecule has 1 N–H and O–H groups in total. The van der Waals surface area contributed by atoms with Crippen molar-refractivity contribution in [2.45, 2.75) is 16.2 Å². The van der Waals surface area contributed by atoms with Crippen molar-refractivity contribution in [2.75, 3.05) is 12.4 Å². The summed E-state index contributed by atoms with van der Waals surface area (Å²) in [6.45, 7) is 0. The van der Waals surface area contributed by atoms with Crippen LogP contribution in [0.25, 0.3) is 0 Å². The molecular weight excluding hydrogens is 313 g/mol. The van der Waals surface area contributed by atoms with E-state index in [1.165, 1.54) is 13.2 Å². The minimum atomic E-state index is -4.54. The molecule has 0 fully saturated rings. The van der Waals surface area contributed by atoms with Crippen LogP contribution in [0.15, 0.2) is 34.4 Å². The summed E-state index contributed by atoms with van der Waals surface area (Å²) in [5.74, 6) is -0.116. The highest BCUT2D eigenvalue weighted by Gasteiger charge is 2.33. The fourth-order valence-corrected chi connectivity index (χ4v) is 2.30. The van der Waals surface area contributed by atoms with Gasteiger partial charge >= 0.3 is 6.18 Å². The van der Waals surface area contributed by atoms with Gasteiger partial charge in [0.05, 0.1) is 5.02 Å². The van der Waals surface area contributed by atoms with Gasteiger partial charge in [0, 0.05) is 19.3 Å². The number of rotatable bonds is 3. The molecule has 9 heteroatoms. The molecule has 4 nitrogen and oxygen atoms in total. The molecule has 0 radical (unpaired) electrons. The minimum Gasteiger partial charge on any atom is -0.357 e. The first-order valence-corrected chi connectivity index (χ1v) is 6.52. The normalized spacial score (nSPS) is 11.4. The SMILES string of the molecule is CNc1nc(Sc2ncccc2Cl)cc(C(F)(F)F)n1. The number of aromatic nitrogens is 3. The lowest BCUT2D eigenvalue weighted by atomic mass is 10.4. The summed E-state index contributed by atoms with van der Waals surface area (Å²) in [7, 11) is 1.44. The highest BCUT2D eigenvalue weighted by Crippen LogP contribution is 2.34. The third kappa shape index (κ3) is 3.51. The van der Waals surface area contributed by atoms with E-state index in [4.69, 9.17) is 11.6 Å². The number of halogens is 4. The topological polar surface area (TPSA) is 50.7 Å². The van der Waals surface area contributed by atoms with Gasteiger partial charge in [0.1, 0.15) is 10.1 Å². The van der Waals surface area contributed by atoms with Gasteiger partial charge in [-0.15, -0.1) is 0 Å². The van der Waals surface area contributed by atoms with Gasteiger partial charge in [0.25, 0.3) is 0 Å². The molecule has 0 unspecified atom stereocenters. The summed E-state index contributed by atoms with van der Waals surface area (Å²) in [6.07, 6.45) is -3.04. The van der Waals surface area contributed by atoms with Crippen molar-refractivity contribution in [3.8, 4) is 0 Å². The summed E-state index contributed by atoms with van der Waals surface area (Å²) in [6, 6.07) is 4.09. The third-order valence-corrected chi connectivity index (χ3v) is 3.50. The van der Waals surface area contributed by atoms with Crippen LogP contribution < -0.4 is 5.32 Å². The smallest absolute Gasteiger partial charge is 0.357 e. The van der Waals surface area contributed by atoms with Crippen LogP contribution in [0.1, 0.15) is 5.69 Å². The molecule has 0 saturated carbocycles. The lowest BCUT2D eigenvalue weighted by Crippen LogP contribution is -2.11. The Morgan fingerprint density at radius 3 is 2.65 bits per heavy atom. The van der Waals surface area contributed by atoms with E-state index < -0.39 is 11.9 Å². The van der Waals surface area contributed by atoms with E-state index in [-0.39, 0.29) is 11.0 Å². The molecular formula is C11H8ClF3N4S. The first-order chi connectivity index (χ1) is 9.40. The van der Waals surface area contributed by atoms with E-state index in [0.717, 1.165) is 17.8 Å². The van der Waals surface area contributed by atoms with Crippen molar-refractivity contribution in [2.24, 2.45) is 0 Å². The zero-order chi connectivity index (χ0) is 14.8. The molecule has 0 aliphatic heterocycles. The molecule has 0 bridgehead atoms. The Kier molecular flexibility index (Phi) is 4.34. The van der Waals surface area contributed by atoms with Crippen molar-refractivity contribution < 1.29 is 13.2 Å². The largest absolute Gasteiger partial charge is 0.433 e. The quantitative estimate of drug-likeness (QED) is 0.873. The molecule has 0 amide bonds. The molecule has 2 rings (SSSR count). The molecule has 0 spiro atoms. The number of pyridine rings is 1. The maximum Gasteiger partial charge on any atom is 0.433 e. The van der Waals surface area contributed by atoms with Crippen molar-refractivity contribution in [3.63, 3.8) is 0 Å². The number of nitrogens with zero attached hydrogens (tertiary/aromatic N) is 3. The lowest BCUT2D eigenvalue weighted by Gasteiger charge is -2.09. The van der Waals surface area contributed by atoms with E-state index in [1.54, 1.807) is 12.1 Å². The van der Waals surface area contributed by atoms with Gasteiger partial charge in [0.15, 0.2) is 5.69 Å². The number of hydrogen-bond acceptors (Lipinski definition) is 5. The molecule has 2 aromatic rings. The molecule has 2 aromatic heterocycles. The average molecular weight is 321 g/mol. The molecule has 106 valence electrons. The van der Waals surface area contributed by atoms with E-state index in [9.17, 15) is 13.2 Å². The van der Waals surface area contributed by atoms with Gasteiger partial charge in [-0.05, 0) is 23.9 Å². The summed E-state index contributed by atoms with van der Waals surface area (Å²) in [4.78, 5) is 11.3. The van der Waals surface area contributed by atoms with Crippen LogP contribution in [-0.4, -0.2) is 22.0 Å². The number of nitrogens with one attached hydrogen (secondary N) is 1. The van der Waals surface area contributed by atoms with Crippen LogP contribution in [0.4, 0.5) is 19.1 Å². The summed E-state index contributed by atoms with van der Waals surface area (Å²) in [5, 5.41) is 3.32. The summed E-state index contributed by atoms with van der Waals surface area (Å²) < 4.78 is 38.2. The van der Waals surface area contributed by atoms with E-state index in [2.05, 4.69) is 20.3 Å². The van der Waals surface area contributed by atoms with Crippen LogP contribution in [0.2, 0.25) is 5.02 Å². The highest BCUT2D eigenvalue weighted by atomic mass is 35.5. The third-order valence-electron chi connectivity index (χ3n) is 2.14. The Bertz CT molecular complexity index is 621. The number of hydrogen-bond donors (Lipinski definition) is 1. The lowest BCUT2D eigenvalue weighted by molar-refractivity contribution is -0.141. The maximum atomic E-state index is 12.7. The minimum absolute atomic E-state index is 0.109. The van der Waals surface area contributed by atoms with Crippen molar-refractivity contribution in [1.29, 1.82) is 0 Å². The fourth-order valence-electron chi connectivity index (χ4n) is 1.28. The zero-order valence-electron chi connectivity index (χ0n) is 10.1. The molecule has 0 atom stereocenters. The zero-order valence-corrected chi connectivity index (χ0v) is 11.6. The van der Waals surface area contributed by atoms with Gasteiger partial charge in [-0.1, -0.05) is 11.6 Å². The number of anilines is 1. The van der Waals surface area contributed by atoms with Gasteiger partial charge in [-0.3, -0.25) is 0 Å². The molecule has 0 saturated heterocycles. The Balaban J connectivity index is 2.39. The Morgan fingerprint density at radius 2 is 2.05 bits per heavy atom. The second-order valence-electron chi connectivity index (χ2n) is 3.56. The van der Waals surface area contributed by atoms with Crippen LogP contribution >= 0.6 is 23.4 Å². The second-order valence-corrected chi connectivity index (χ2v) is 4.97. The highest BCUT2D eigenvalue weighted by molar-refractivity contribution is 7.99. The van der Waals surface area contributed by atoms with Crippen molar-refractivity contribution >= 4 is 29.3 Å². The van der Waals surface area contributed by atoms with E-state index >= 15 is 0 Å². The summed E-state index contributed by atoms with van der Waals surface area (Å²) in [5.41, 5.74) is -1.02. The van der Waals surface area contributed by atoms with Crippen molar-refractivity contribution in [3.05, 3.63) is 35.1 Å². The molecule has 0 aliphatic carbocycles. The predicted octanol–water partition coefficient (Wildman–Crippen LogP) is 3.74. The molecule has 2 heterocycles. The molecule has 0 aliphatic rings. The number of alkyl halides is 3. The van der Waals surface area contributed by atoms with E-state index in [0.29, 0.717) is 10.0 Å². The van der Waals surface area contributed by atoms with Crippen molar-refractivity contribution in [1.82, 2.24) is 15.0 Å². The fraction of sp³-hybridized carbons (Fsp3) is 0.182.